The second kappa shape index (κ2) is 11.0. The maximum Gasteiger partial charge on any atom is 0.193 e. The Bertz CT molecular complexity index is 359. The monoisotopic (exact) mass is 457 g/mol. The van der Waals surface area contributed by atoms with Crippen LogP contribution in [0.25, 0.3) is 0 Å². The summed E-state index contributed by atoms with van der Waals surface area (Å²) < 4.78 is 11.2. The summed E-state index contributed by atoms with van der Waals surface area (Å²) in [7, 11) is 2.13. The Morgan fingerprint density at radius 1 is 1.30 bits per heavy atom. The number of nitrogens with one attached hydrogen (secondary N) is 1. The van der Waals surface area contributed by atoms with Gasteiger partial charge in [-0.1, -0.05) is 0 Å². The number of aliphatic imine (C=N–C) groups is 1. The molecule has 0 bridgehead atoms. The molecule has 2 heterocycles. The Hall–Kier alpha value is 0.270. The van der Waals surface area contributed by atoms with Crippen LogP contribution in [0, 0.1) is 5.92 Å². The quantitative estimate of drug-likeness (QED) is 0.377. The average Bonchev–Trinajstić information content (AvgIpc) is 3.05. The molecule has 1 unspecified atom stereocenters. The second-order valence-corrected chi connectivity index (χ2v) is 7.55. The number of rotatable bonds is 6. The normalized spacial score (nSPS) is 24.1. The Morgan fingerprint density at radius 3 is 2.61 bits per heavy atom. The molecule has 0 aromatic rings. The summed E-state index contributed by atoms with van der Waals surface area (Å²) in [5, 5.41) is 3.43. The van der Waals surface area contributed by atoms with Crippen LogP contribution in [0.15, 0.2) is 4.99 Å². The molecule has 1 atom stereocenters. The van der Waals surface area contributed by atoms with E-state index in [1.807, 2.05) is 11.8 Å². The van der Waals surface area contributed by atoms with Gasteiger partial charge in [-0.2, -0.15) is 11.8 Å². The van der Waals surface area contributed by atoms with E-state index < -0.39 is 0 Å². The van der Waals surface area contributed by atoms with Crippen molar-refractivity contribution in [1.82, 2.24) is 10.2 Å². The minimum Gasteiger partial charge on any atom is -0.381 e. The minimum absolute atomic E-state index is 0. The van der Waals surface area contributed by atoms with Crippen LogP contribution in [-0.4, -0.2) is 75.0 Å². The zero-order chi connectivity index (χ0) is 15.8. The van der Waals surface area contributed by atoms with Crippen molar-refractivity contribution in [3.63, 3.8) is 0 Å². The number of guanidine groups is 1. The van der Waals surface area contributed by atoms with Gasteiger partial charge in [-0.3, -0.25) is 4.99 Å². The number of nitrogens with zero attached hydrogens (tertiary/aromatic N) is 2. The van der Waals surface area contributed by atoms with Crippen molar-refractivity contribution < 1.29 is 9.47 Å². The van der Waals surface area contributed by atoms with Crippen molar-refractivity contribution in [2.45, 2.75) is 30.9 Å². The summed E-state index contributed by atoms with van der Waals surface area (Å²) in [6, 6.07) is 0. The molecule has 2 rings (SSSR count). The zero-order valence-electron chi connectivity index (χ0n) is 14.7. The van der Waals surface area contributed by atoms with Crippen molar-refractivity contribution in [1.29, 1.82) is 0 Å². The van der Waals surface area contributed by atoms with E-state index in [4.69, 9.17) is 14.5 Å². The molecule has 5 nitrogen and oxygen atoms in total. The van der Waals surface area contributed by atoms with Gasteiger partial charge < -0.3 is 19.7 Å². The van der Waals surface area contributed by atoms with E-state index >= 15 is 0 Å². The molecule has 1 N–H and O–H groups in total. The molecule has 136 valence electrons. The fourth-order valence-electron chi connectivity index (χ4n) is 3.06. The highest BCUT2D eigenvalue weighted by Gasteiger charge is 2.32. The van der Waals surface area contributed by atoms with Crippen LogP contribution in [0.1, 0.15) is 26.2 Å². The lowest BCUT2D eigenvalue weighted by atomic mass is 9.99. The third-order valence-corrected chi connectivity index (χ3v) is 6.01. The van der Waals surface area contributed by atoms with E-state index in [-0.39, 0.29) is 28.7 Å². The molecule has 0 saturated carbocycles. The Balaban J connectivity index is 0.00000264. The van der Waals surface area contributed by atoms with Gasteiger partial charge in [0, 0.05) is 50.6 Å². The first-order valence-electron chi connectivity index (χ1n) is 8.39. The topological polar surface area (TPSA) is 46.1 Å². The molecule has 0 aromatic carbocycles. The van der Waals surface area contributed by atoms with Crippen LogP contribution in [-0.2, 0) is 9.47 Å². The van der Waals surface area contributed by atoms with E-state index in [9.17, 15) is 0 Å². The molecule has 2 aliphatic rings. The minimum atomic E-state index is 0. The van der Waals surface area contributed by atoms with Crippen LogP contribution in [0.5, 0.6) is 0 Å². The molecular formula is C16H32IN3O2S. The van der Waals surface area contributed by atoms with Crippen LogP contribution in [0.3, 0.4) is 0 Å². The highest BCUT2D eigenvalue weighted by molar-refractivity contribution is 14.0. The first kappa shape index (κ1) is 21.3. The smallest absolute Gasteiger partial charge is 0.193 e. The maximum absolute atomic E-state index is 5.52. The van der Waals surface area contributed by atoms with Gasteiger partial charge in [0.2, 0.25) is 0 Å². The van der Waals surface area contributed by atoms with Crippen LogP contribution >= 0.6 is 35.7 Å². The molecule has 0 amide bonds. The second-order valence-electron chi connectivity index (χ2n) is 6.28. The van der Waals surface area contributed by atoms with Gasteiger partial charge in [0.15, 0.2) is 5.96 Å². The van der Waals surface area contributed by atoms with Gasteiger partial charge >= 0.3 is 0 Å². The summed E-state index contributed by atoms with van der Waals surface area (Å²) >= 11 is 1.94. The maximum atomic E-state index is 5.52. The summed E-state index contributed by atoms with van der Waals surface area (Å²) in [5.41, 5.74) is 0. The van der Waals surface area contributed by atoms with E-state index in [0.717, 1.165) is 71.3 Å². The van der Waals surface area contributed by atoms with Gasteiger partial charge in [-0.15, -0.1) is 24.0 Å². The van der Waals surface area contributed by atoms with Crippen molar-refractivity contribution in [3.05, 3.63) is 0 Å². The standard InChI is InChI=1S/C16H31N3O2S.HI/c1-4-17-15(19(2)11-14-5-8-21-12-14)18-13-16(22-3)6-9-20-10-7-16;/h14H,4-13H2,1-3H3,(H,17,18);1H. The SMILES string of the molecule is CCNC(=NCC1(SC)CCOCC1)N(C)CC1CCOC1.I. The number of thioether (sulfide) groups is 1. The third kappa shape index (κ3) is 6.59. The fourth-order valence-corrected chi connectivity index (χ4v) is 3.83. The van der Waals surface area contributed by atoms with E-state index in [1.165, 1.54) is 0 Å². The van der Waals surface area contributed by atoms with Gasteiger partial charge in [-0.25, -0.2) is 0 Å². The fraction of sp³-hybridized carbons (Fsp3) is 0.938. The van der Waals surface area contributed by atoms with Crippen LogP contribution in [0.2, 0.25) is 0 Å². The predicted octanol–water partition coefficient (Wildman–Crippen LogP) is 2.45. The first-order chi connectivity index (χ1) is 10.7. The van der Waals surface area contributed by atoms with Crippen LogP contribution < -0.4 is 5.32 Å². The average molecular weight is 457 g/mol. The highest BCUT2D eigenvalue weighted by atomic mass is 127. The van der Waals surface area contributed by atoms with E-state index in [2.05, 4.69) is 30.4 Å². The van der Waals surface area contributed by atoms with Crippen molar-refractivity contribution in [3.8, 4) is 0 Å². The molecule has 0 radical (unpaired) electrons. The Kier molecular flexibility index (Phi) is 10.2. The molecule has 2 fully saturated rings. The van der Waals surface area contributed by atoms with Crippen molar-refractivity contribution >= 4 is 41.7 Å². The molecule has 2 saturated heterocycles. The van der Waals surface area contributed by atoms with Gasteiger partial charge in [0.25, 0.3) is 0 Å². The molecular weight excluding hydrogens is 425 g/mol. The lowest BCUT2D eigenvalue weighted by Crippen LogP contribution is -2.43. The van der Waals surface area contributed by atoms with Crippen LogP contribution in [0.4, 0.5) is 0 Å². The van der Waals surface area contributed by atoms with Gasteiger partial charge in [0.05, 0.1) is 13.2 Å². The lowest BCUT2D eigenvalue weighted by molar-refractivity contribution is 0.0793. The number of ether oxygens (including phenoxy) is 2. The van der Waals surface area contributed by atoms with Gasteiger partial charge in [-0.05, 0) is 32.4 Å². The summed E-state index contributed by atoms with van der Waals surface area (Å²) in [5.74, 6) is 1.65. The Morgan fingerprint density at radius 2 is 2.04 bits per heavy atom. The number of hydrogen-bond acceptors (Lipinski definition) is 4. The van der Waals surface area contributed by atoms with E-state index in [1.54, 1.807) is 0 Å². The molecule has 0 spiro atoms. The third-order valence-electron chi connectivity index (χ3n) is 4.61. The molecule has 23 heavy (non-hydrogen) atoms. The molecule has 7 heteroatoms. The first-order valence-corrected chi connectivity index (χ1v) is 9.61. The predicted molar refractivity (Wildman–Crippen MR) is 109 cm³/mol. The highest BCUT2D eigenvalue weighted by Crippen LogP contribution is 2.34. The molecule has 0 aromatic heterocycles. The largest absolute Gasteiger partial charge is 0.381 e. The summed E-state index contributed by atoms with van der Waals surface area (Å²) in [6.07, 6.45) is 5.55. The Labute approximate surface area is 162 Å². The number of halogens is 1. The molecule has 2 aliphatic heterocycles. The number of hydrogen-bond donors (Lipinski definition) is 1. The van der Waals surface area contributed by atoms with E-state index in [0.29, 0.717) is 5.92 Å². The van der Waals surface area contributed by atoms with Gasteiger partial charge in [0.1, 0.15) is 0 Å². The summed E-state index contributed by atoms with van der Waals surface area (Å²) in [6.45, 7) is 8.43. The zero-order valence-corrected chi connectivity index (χ0v) is 17.8. The van der Waals surface area contributed by atoms with Crippen molar-refractivity contribution in [2.24, 2.45) is 10.9 Å². The van der Waals surface area contributed by atoms with Crippen molar-refractivity contribution in [2.75, 3.05) is 59.4 Å². The summed E-state index contributed by atoms with van der Waals surface area (Å²) in [4.78, 5) is 7.20. The molecule has 0 aliphatic carbocycles. The lowest BCUT2D eigenvalue weighted by Gasteiger charge is -2.35.